The van der Waals surface area contributed by atoms with Crippen LogP contribution in [0.25, 0.3) is 0 Å². The van der Waals surface area contributed by atoms with Crippen LogP contribution in [-0.2, 0) is 4.79 Å². The van der Waals surface area contributed by atoms with Gasteiger partial charge in [-0.15, -0.1) is 0 Å². The molecule has 1 aliphatic carbocycles. The molecule has 1 aromatic carbocycles. The number of benzene rings is 1. The third kappa shape index (κ3) is 3.45. The summed E-state index contributed by atoms with van der Waals surface area (Å²) in [5.41, 5.74) is 0.560. The van der Waals surface area contributed by atoms with Crippen LogP contribution in [0.5, 0.6) is 0 Å². The van der Waals surface area contributed by atoms with E-state index in [9.17, 15) is 14.4 Å². The first-order valence-corrected chi connectivity index (χ1v) is 9.40. The highest BCUT2D eigenvalue weighted by molar-refractivity contribution is 9.10. The summed E-state index contributed by atoms with van der Waals surface area (Å²) in [6.07, 6.45) is 3.48. The van der Waals surface area contributed by atoms with Gasteiger partial charge in [-0.1, -0.05) is 36.7 Å². The van der Waals surface area contributed by atoms with Gasteiger partial charge in [0, 0.05) is 4.47 Å². The van der Waals surface area contributed by atoms with Gasteiger partial charge in [0.15, 0.2) is 0 Å². The molecule has 5 nitrogen and oxygen atoms in total. The molecule has 23 heavy (non-hydrogen) atoms. The quantitative estimate of drug-likeness (QED) is 0.851. The van der Waals surface area contributed by atoms with Gasteiger partial charge in [-0.25, -0.2) is 0 Å². The van der Waals surface area contributed by atoms with E-state index in [1.165, 1.54) is 4.90 Å². The Morgan fingerprint density at radius 2 is 1.96 bits per heavy atom. The maximum atomic E-state index is 12.5. The lowest BCUT2D eigenvalue weighted by atomic mass is 9.89. The normalized spacial score (nSPS) is 24.8. The second kappa shape index (κ2) is 7.05. The lowest BCUT2D eigenvalue weighted by Crippen LogP contribution is -2.54. The molecule has 1 N–H and O–H groups in total. The molecular formula is C16H17BrN2O3S. The van der Waals surface area contributed by atoms with E-state index in [2.05, 4.69) is 21.2 Å². The number of hydrogen-bond donors (Lipinski definition) is 1. The highest BCUT2D eigenvalue weighted by Gasteiger charge is 2.41. The van der Waals surface area contributed by atoms with Crippen LogP contribution in [-0.4, -0.2) is 39.8 Å². The van der Waals surface area contributed by atoms with Gasteiger partial charge in [-0.3, -0.25) is 19.3 Å². The number of halogens is 1. The number of hydrogen-bond acceptors (Lipinski definition) is 4. The highest BCUT2D eigenvalue weighted by atomic mass is 79.9. The second-order valence-corrected chi connectivity index (χ2v) is 7.51. The molecule has 0 aromatic heterocycles. The Bertz CT molecular complexity index is 636. The van der Waals surface area contributed by atoms with Crippen LogP contribution in [0, 0.1) is 0 Å². The molecule has 0 spiro atoms. The Balaban J connectivity index is 1.77. The monoisotopic (exact) mass is 396 g/mol. The van der Waals surface area contributed by atoms with Crippen molar-refractivity contribution in [1.82, 2.24) is 10.2 Å². The molecule has 1 heterocycles. The number of imide groups is 1. The zero-order valence-corrected chi connectivity index (χ0v) is 14.9. The van der Waals surface area contributed by atoms with Crippen molar-refractivity contribution in [1.29, 1.82) is 0 Å². The smallest absolute Gasteiger partial charge is 0.289 e. The molecule has 2 unspecified atom stereocenters. The Morgan fingerprint density at radius 3 is 2.65 bits per heavy atom. The van der Waals surface area contributed by atoms with Crippen molar-refractivity contribution in [2.45, 2.75) is 37.8 Å². The molecule has 2 aliphatic rings. The first-order chi connectivity index (χ1) is 11.1. The van der Waals surface area contributed by atoms with Crippen LogP contribution in [0.15, 0.2) is 28.7 Å². The van der Waals surface area contributed by atoms with Gasteiger partial charge in [0.25, 0.3) is 11.1 Å². The Labute approximate surface area is 147 Å². The third-order valence-electron chi connectivity index (χ3n) is 4.28. The maximum Gasteiger partial charge on any atom is 0.289 e. The van der Waals surface area contributed by atoms with Gasteiger partial charge < -0.3 is 5.32 Å². The Kier molecular flexibility index (Phi) is 5.06. The second-order valence-electron chi connectivity index (χ2n) is 5.73. The highest BCUT2D eigenvalue weighted by Crippen LogP contribution is 2.30. The Morgan fingerprint density at radius 1 is 1.22 bits per heavy atom. The molecule has 2 fully saturated rings. The first-order valence-electron chi connectivity index (χ1n) is 7.62. The minimum atomic E-state index is -0.231. The molecule has 1 saturated heterocycles. The summed E-state index contributed by atoms with van der Waals surface area (Å²) in [6, 6.07) is 6.81. The van der Waals surface area contributed by atoms with Gasteiger partial charge in [0.05, 0.1) is 23.4 Å². The lowest BCUT2D eigenvalue weighted by molar-refractivity contribution is -0.127. The van der Waals surface area contributed by atoms with Gasteiger partial charge in [-0.05, 0) is 40.9 Å². The zero-order chi connectivity index (χ0) is 16.4. The predicted octanol–water partition coefficient (Wildman–Crippen LogP) is 3.19. The van der Waals surface area contributed by atoms with E-state index in [0.717, 1.165) is 41.9 Å². The number of carbonyl (C=O) groups excluding carboxylic acids is 3. The van der Waals surface area contributed by atoms with E-state index < -0.39 is 0 Å². The Hall–Kier alpha value is -1.34. The SMILES string of the molecule is O=C(NC1CCCCC1N1C(=O)CSC1=O)c1ccccc1Br. The summed E-state index contributed by atoms with van der Waals surface area (Å²) in [4.78, 5) is 37.9. The van der Waals surface area contributed by atoms with Crippen molar-refractivity contribution in [2.75, 3.05) is 5.75 Å². The van der Waals surface area contributed by atoms with E-state index in [-0.39, 0.29) is 34.9 Å². The average Bonchev–Trinajstić information content (AvgIpc) is 2.87. The minimum absolute atomic E-state index is 0.146. The van der Waals surface area contributed by atoms with Crippen LogP contribution in [0.3, 0.4) is 0 Å². The number of amides is 3. The number of thioether (sulfide) groups is 1. The molecule has 3 rings (SSSR count). The molecule has 3 amide bonds. The van der Waals surface area contributed by atoms with E-state index in [1.54, 1.807) is 6.07 Å². The number of rotatable bonds is 3. The average molecular weight is 397 g/mol. The molecular weight excluding hydrogens is 380 g/mol. The van der Waals surface area contributed by atoms with Crippen LogP contribution < -0.4 is 5.32 Å². The van der Waals surface area contributed by atoms with E-state index in [1.807, 2.05) is 18.2 Å². The van der Waals surface area contributed by atoms with Gasteiger partial charge >= 0.3 is 0 Å². The topological polar surface area (TPSA) is 66.5 Å². The lowest BCUT2D eigenvalue weighted by Gasteiger charge is -2.36. The molecule has 1 aromatic rings. The third-order valence-corrected chi connectivity index (χ3v) is 5.81. The minimum Gasteiger partial charge on any atom is -0.347 e. The van der Waals surface area contributed by atoms with Crippen molar-refractivity contribution in [3.63, 3.8) is 0 Å². The first kappa shape index (κ1) is 16.5. The fourth-order valence-corrected chi connectivity index (χ4v) is 4.39. The fourth-order valence-electron chi connectivity index (χ4n) is 3.16. The number of nitrogens with zero attached hydrogens (tertiary/aromatic N) is 1. The summed E-state index contributed by atoms with van der Waals surface area (Å²) in [5.74, 6) is -0.117. The van der Waals surface area contributed by atoms with Crippen molar-refractivity contribution in [2.24, 2.45) is 0 Å². The molecule has 1 aliphatic heterocycles. The summed E-state index contributed by atoms with van der Waals surface area (Å²) in [5, 5.41) is 2.83. The standard InChI is InChI=1S/C16H17BrN2O3S/c17-11-6-2-1-5-10(11)15(21)18-12-7-3-4-8-13(12)19-14(20)9-23-16(19)22/h1-2,5-6,12-13H,3-4,7-9H2,(H,18,21). The van der Waals surface area contributed by atoms with Crippen LogP contribution >= 0.6 is 27.7 Å². The summed E-state index contributed by atoms with van der Waals surface area (Å²) in [7, 11) is 0. The predicted molar refractivity (Wildman–Crippen MR) is 92.4 cm³/mol. The van der Waals surface area contributed by atoms with E-state index in [0.29, 0.717) is 5.56 Å². The molecule has 2 atom stereocenters. The summed E-state index contributed by atoms with van der Waals surface area (Å²) >= 11 is 4.42. The maximum absolute atomic E-state index is 12.5. The molecule has 122 valence electrons. The molecule has 7 heteroatoms. The summed E-state index contributed by atoms with van der Waals surface area (Å²) in [6.45, 7) is 0. The van der Waals surface area contributed by atoms with Crippen LogP contribution in [0.4, 0.5) is 4.79 Å². The van der Waals surface area contributed by atoms with Crippen molar-refractivity contribution < 1.29 is 14.4 Å². The van der Waals surface area contributed by atoms with E-state index >= 15 is 0 Å². The van der Waals surface area contributed by atoms with Gasteiger partial charge in [-0.2, -0.15) is 0 Å². The van der Waals surface area contributed by atoms with Crippen molar-refractivity contribution in [3.8, 4) is 0 Å². The fraction of sp³-hybridized carbons (Fsp3) is 0.438. The van der Waals surface area contributed by atoms with Crippen molar-refractivity contribution in [3.05, 3.63) is 34.3 Å². The zero-order valence-electron chi connectivity index (χ0n) is 12.5. The van der Waals surface area contributed by atoms with E-state index in [4.69, 9.17) is 0 Å². The molecule has 0 bridgehead atoms. The molecule has 0 radical (unpaired) electrons. The van der Waals surface area contributed by atoms with Crippen LogP contribution in [0.2, 0.25) is 0 Å². The molecule has 1 saturated carbocycles. The summed E-state index contributed by atoms with van der Waals surface area (Å²) < 4.78 is 0.730. The van der Waals surface area contributed by atoms with Gasteiger partial charge in [0.1, 0.15) is 0 Å². The van der Waals surface area contributed by atoms with Crippen LogP contribution in [0.1, 0.15) is 36.0 Å². The number of carbonyl (C=O) groups is 3. The van der Waals surface area contributed by atoms with Gasteiger partial charge in [0.2, 0.25) is 5.91 Å². The van der Waals surface area contributed by atoms with Crippen molar-refractivity contribution >= 4 is 44.7 Å². The number of nitrogens with one attached hydrogen (secondary N) is 1. The largest absolute Gasteiger partial charge is 0.347 e.